The van der Waals surface area contributed by atoms with Crippen molar-refractivity contribution in [2.75, 3.05) is 19.6 Å². The molecule has 0 bridgehead atoms. The van der Waals surface area contributed by atoms with E-state index in [1.54, 1.807) is 12.1 Å². The van der Waals surface area contributed by atoms with E-state index in [1.807, 2.05) is 6.92 Å². The van der Waals surface area contributed by atoms with Crippen LogP contribution in [-0.4, -0.2) is 40.0 Å². The number of amides is 1. The lowest BCUT2D eigenvalue weighted by atomic mass is 10.0. The van der Waals surface area contributed by atoms with Gasteiger partial charge in [0, 0.05) is 18.2 Å². The van der Waals surface area contributed by atoms with Crippen molar-refractivity contribution in [3.63, 3.8) is 0 Å². The van der Waals surface area contributed by atoms with E-state index in [1.165, 1.54) is 6.07 Å². The zero-order valence-electron chi connectivity index (χ0n) is 14.0. The van der Waals surface area contributed by atoms with E-state index in [4.69, 9.17) is 0 Å². The summed E-state index contributed by atoms with van der Waals surface area (Å²) in [6.45, 7) is 4.49. The van der Waals surface area contributed by atoms with Crippen LogP contribution in [0.2, 0.25) is 0 Å². The molecule has 0 radical (unpaired) electrons. The van der Waals surface area contributed by atoms with Crippen LogP contribution >= 0.6 is 0 Å². The number of benzene rings is 1. The Morgan fingerprint density at radius 1 is 1.29 bits per heavy atom. The second-order valence-electron chi connectivity index (χ2n) is 6.78. The number of carbonyl (C=O) groups excluding carboxylic acids is 1. The summed E-state index contributed by atoms with van der Waals surface area (Å²) in [7, 11) is -3.54. The molecule has 3 rings (SSSR count). The summed E-state index contributed by atoms with van der Waals surface area (Å²) in [5.74, 6) is 0.405. The van der Waals surface area contributed by atoms with Crippen LogP contribution < -0.4 is 15.4 Å². The van der Waals surface area contributed by atoms with Crippen LogP contribution in [0.25, 0.3) is 0 Å². The molecule has 3 N–H and O–H groups in total. The van der Waals surface area contributed by atoms with Crippen molar-refractivity contribution in [3.8, 4) is 0 Å². The molecule has 1 atom stereocenters. The van der Waals surface area contributed by atoms with Crippen molar-refractivity contribution in [1.82, 2.24) is 15.4 Å². The van der Waals surface area contributed by atoms with Gasteiger partial charge in [0.05, 0.1) is 4.90 Å². The Morgan fingerprint density at radius 2 is 2.08 bits per heavy atom. The highest BCUT2D eigenvalue weighted by Crippen LogP contribution is 2.23. The lowest BCUT2D eigenvalue weighted by molar-refractivity contribution is 0.0951. The van der Waals surface area contributed by atoms with E-state index in [0.717, 1.165) is 44.3 Å². The van der Waals surface area contributed by atoms with Crippen LogP contribution in [0.4, 0.5) is 0 Å². The molecule has 2 fully saturated rings. The standard InChI is InChI=1S/C17H25N3O3S/c1-12-2-5-15(24(22,23)20-14-3-4-14)10-16(12)17(21)19-9-7-13-6-8-18-11-13/h2,5,10,13-14,18,20H,3-4,6-9,11H2,1H3,(H,19,21). The predicted octanol–water partition coefficient (Wildman–Crippen LogP) is 1.17. The molecule has 0 aromatic heterocycles. The first-order valence-electron chi connectivity index (χ1n) is 8.57. The summed E-state index contributed by atoms with van der Waals surface area (Å²) in [4.78, 5) is 12.6. The van der Waals surface area contributed by atoms with Gasteiger partial charge in [-0.1, -0.05) is 6.07 Å². The first kappa shape index (κ1) is 17.4. The maximum atomic E-state index is 12.4. The van der Waals surface area contributed by atoms with Gasteiger partial charge in [0.15, 0.2) is 0 Å². The summed E-state index contributed by atoms with van der Waals surface area (Å²) in [5, 5.41) is 6.23. The normalized spacial score (nSPS) is 21.0. The number of nitrogens with one attached hydrogen (secondary N) is 3. The van der Waals surface area contributed by atoms with E-state index >= 15 is 0 Å². The highest BCUT2D eigenvalue weighted by Gasteiger charge is 2.28. The zero-order valence-corrected chi connectivity index (χ0v) is 14.8. The molecule has 0 spiro atoms. The summed E-state index contributed by atoms with van der Waals surface area (Å²) in [5.41, 5.74) is 1.21. The Labute approximate surface area is 143 Å². The third-order valence-electron chi connectivity index (χ3n) is 4.66. The molecule has 1 heterocycles. The molecule has 1 aliphatic heterocycles. The maximum Gasteiger partial charge on any atom is 0.251 e. The van der Waals surface area contributed by atoms with Crippen LogP contribution in [0.3, 0.4) is 0 Å². The lowest BCUT2D eigenvalue weighted by Crippen LogP contribution is -2.28. The molecule has 1 aromatic carbocycles. The second kappa shape index (κ2) is 7.21. The van der Waals surface area contributed by atoms with Crippen molar-refractivity contribution >= 4 is 15.9 Å². The molecule has 1 aromatic rings. The van der Waals surface area contributed by atoms with E-state index in [0.29, 0.717) is 18.0 Å². The molecule has 132 valence electrons. The van der Waals surface area contributed by atoms with E-state index in [-0.39, 0.29) is 16.8 Å². The number of hydrogen-bond acceptors (Lipinski definition) is 4. The Morgan fingerprint density at radius 3 is 2.75 bits per heavy atom. The average Bonchev–Trinajstić information content (AvgIpc) is 3.18. The van der Waals surface area contributed by atoms with Gasteiger partial charge >= 0.3 is 0 Å². The number of aryl methyl sites for hydroxylation is 1. The van der Waals surface area contributed by atoms with Crippen molar-refractivity contribution in [1.29, 1.82) is 0 Å². The second-order valence-corrected chi connectivity index (χ2v) is 8.49. The van der Waals surface area contributed by atoms with E-state index < -0.39 is 10.0 Å². The summed E-state index contributed by atoms with van der Waals surface area (Å²) < 4.78 is 27.3. The summed E-state index contributed by atoms with van der Waals surface area (Å²) >= 11 is 0. The molecule has 1 saturated heterocycles. The van der Waals surface area contributed by atoms with Gasteiger partial charge in [0.2, 0.25) is 10.0 Å². The van der Waals surface area contributed by atoms with E-state index in [2.05, 4.69) is 15.4 Å². The van der Waals surface area contributed by atoms with Crippen LogP contribution in [0.15, 0.2) is 23.1 Å². The Hall–Kier alpha value is -1.44. The highest BCUT2D eigenvalue weighted by atomic mass is 32.2. The topological polar surface area (TPSA) is 87.3 Å². The van der Waals surface area contributed by atoms with Gasteiger partial charge < -0.3 is 10.6 Å². The smallest absolute Gasteiger partial charge is 0.251 e. The highest BCUT2D eigenvalue weighted by molar-refractivity contribution is 7.89. The molecule has 1 saturated carbocycles. The first-order chi connectivity index (χ1) is 11.5. The molecule has 24 heavy (non-hydrogen) atoms. The monoisotopic (exact) mass is 351 g/mol. The molecule has 1 aliphatic carbocycles. The van der Waals surface area contributed by atoms with Gasteiger partial charge in [-0.2, -0.15) is 0 Å². The third-order valence-corrected chi connectivity index (χ3v) is 6.18. The summed E-state index contributed by atoms with van der Waals surface area (Å²) in [6.07, 6.45) is 3.86. The lowest BCUT2D eigenvalue weighted by Gasteiger charge is -2.12. The molecule has 1 unspecified atom stereocenters. The van der Waals surface area contributed by atoms with Crippen molar-refractivity contribution in [2.24, 2.45) is 5.92 Å². The minimum absolute atomic E-state index is 0.0496. The van der Waals surface area contributed by atoms with Crippen molar-refractivity contribution < 1.29 is 13.2 Å². The fourth-order valence-electron chi connectivity index (χ4n) is 2.95. The predicted molar refractivity (Wildman–Crippen MR) is 92.4 cm³/mol. The van der Waals surface area contributed by atoms with Crippen molar-refractivity contribution in [2.45, 2.75) is 43.5 Å². The largest absolute Gasteiger partial charge is 0.352 e. The number of sulfonamides is 1. The van der Waals surface area contributed by atoms with Gasteiger partial charge in [-0.05, 0) is 69.3 Å². The van der Waals surface area contributed by atoms with E-state index in [9.17, 15) is 13.2 Å². The van der Waals surface area contributed by atoms with Gasteiger partial charge in [0.25, 0.3) is 5.91 Å². The number of hydrogen-bond donors (Lipinski definition) is 3. The molecule has 2 aliphatic rings. The SMILES string of the molecule is Cc1ccc(S(=O)(=O)NC2CC2)cc1C(=O)NCCC1CCNC1. The Kier molecular flexibility index (Phi) is 5.22. The third kappa shape index (κ3) is 4.34. The molecule has 6 nitrogen and oxygen atoms in total. The maximum absolute atomic E-state index is 12.4. The molecular formula is C17H25N3O3S. The first-order valence-corrected chi connectivity index (χ1v) is 10.1. The fraction of sp³-hybridized carbons (Fsp3) is 0.588. The summed E-state index contributed by atoms with van der Waals surface area (Å²) in [6, 6.07) is 4.78. The molecule has 7 heteroatoms. The quantitative estimate of drug-likeness (QED) is 0.688. The van der Waals surface area contributed by atoms with Crippen molar-refractivity contribution in [3.05, 3.63) is 29.3 Å². The molecule has 1 amide bonds. The van der Waals surface area contributed by atoms with Crippen LogP contribution in [0.5, 0.6) is 0 Å². The van der Waals surface area contributed by atoms with Crippen LogP contribution in [0.1, 0.15) is 41.6 Å². The number of carbonyl (C=O) groups is 1. The van der Waals surface area contributed by atoms with Gasteiger partial charge in [-0.3, -0.25) is 4.79 Å². The minimum atomic E-state index is -3.54. The Balaban J connectivity index is 1.65. The van der Waals surface area contributed by atoms with Crippen LogP contribution in [0, 0.1) is 12.8 Å². The van der Waals surface area contributed by atoms with Gasteiger partial charge in [-0.15, -0.1) is 0 Å². The fourth-order valence-corrected chi connectivity index (χ4v) is 4.28. The molecular weight excluding hydrogens is 326 g/mol. The van der Waals surface area contributed by atoms with Crippen LogP contribution in [-0.2, 0) is 10.0 Å². The number of rotatable bonds is 7. The van der Waals surface area contributed by atoms with Gasteiger partial charge in [-0.25, -0.2) is 13.1 Å². The Bertz CT molecular complexity index is 708. The minimum Gasteiger partial charge on any atom is -0.352 e. The zero-order chi connectivity index (χ0) is 17.2. The van der Waals surface area contributed by atoms with Gasteiger partial charge in [0.1, 0.15) is 0 Å². The average molecular weight is 351 g/mol.